The molecule has 1 saturated heterocycles. The summed E-state index contributed by atoms with van der Waals surface area (Å²) in [5.74, 6) is 0.422. The van der Waals surface area contributed by atoms with Crippen LogP contribution >= 0.6 is 0 Å². The Morgan fingerprint density at radius 1 is 1.29 bits per heavy atom. The van der Waals surface area contributed by atoms with Crippen molar-refractivity contribution in [2.75, 3.05) is 44.7 Å². The minimum atomic E-state index is -0.955. The highest BCUT2D eigenvalue weighted by atomic mass is 16.3. The lowest BCUT2D eigenvalue weighted by Gasteiger charge is -2.34. The number of aromatic amines is 1. The maximum atomic E-state index is 9.71. The van der Waals surface area contributed by atoms with Crippen molar-refractivity contribution in [3.8, 4) is 0 Å². The van der Waals surface area contributed by atoms with Crippen molar-refractivity contribution in [2.45, 2.75) is 13.0 Å². The lowest BCUT2D eigenvalue weighted by atomic mass is 10.1. The van der Waals surface area contributed by atoms with Crippen LogP contribution < -0.4 is 4.90 Å². The molecule has 3 N–H and O–H groups in total. The van der Waals surface area contributed by atoms with Gasteiger partial charge in [-0.2, -0.15) is 0 Å². The highest BCUT2D eigenvalue weighted by molar-refractivity contribution is 5.83. The molecule has 0 bridgehead atoms. The van der Waals surface area contributed by atoms with Gasteiger partial charge < -0.3 is 25.0 Å². The monoisotopic (exact) mass is 290 g/mol. The van der Waals surface area contributed by atoms with Gasteiger partial charge in [0.15, 0.2) is 0 Å². The molecule has 1 unspecified atom stereocenters. The second-order valence-corrected chi connectivity index (χ2v) is 5.77. The van der Waals surface area contributed by atoms with Crippen molar-refractivity contribution < 1.29 is 10.2 Å². The lowest BCUT2D eigenvalue weighted by Crippen LogP contribution is -2.44. The van der Waals surface area contributed by atoms with Crippen molar-refractivity contribution in [1.82, 2.24) is 14.9 Å². The van der Waals surface area contributed by atoms with E-state index in [4.69, 9.17) is 5.11 Å². The molecule has 1 aromatic heterocycles. The number of hydrogen-bond donors (Lipinski definition) is 3. The molecule has 1 aromatic carbocycles. The fraction of sp³-hybridized carbons (Fsp3) is 0.533. The van der Waals surface area contributed by atoms with Gasteiger partial charge in [0.2, 0.25) is 0 Å². The molecule has 0 spiro atoms. The second kappa shape index (κ2) is 5.63. The minimum absolute atomic E-state index is 0.329. The van der Waals surface area contributed by atoms with Gasteiger partial charge in [-0.25, -0.2) is 4.98 Å². The smallest absolute Gasteiger partial charge is 0.138 e. The summed E-state index contributed by atoms with van der Waals surface area (Å²) >= 11 is 0. The Kier molecular flexibility index (Phi) is 3.84. The Balaban J connectivity index is 1.94. The van der Waals surface area contributed by atoms with Crippen LogP contribution in [0.5, 0.6) is 0 Å². The van der Waals surface area contributed by atoms with E-state index in [1.54, 1.807) is 0 Å². The standard InChI is InChI=1S/C15H22N4O2/c1-10-7-11(19-5-3-18(2)4-6-19)8-12-14(10)17-15(16-12)13(21)9-20/h7-8,13,20-21H,3-6,9H2,1-2H3,(H,16,17). The van der Waals surface area contributed by atoms with Gasteiger partial charge in [0, 0.05) is 31.9 Å². The molecule has 2 aromatic rings. The first-order chi connectivity index (χ1) is 10.1. The summed E-state index contributed by atoms with van der Waals surface area (Å²) in [7, 11) is 2.14. The van der Waals surface area contributed by atoms with Gasteiger partial charge in [0.25, 0.3) is 0 Å². The number of likely N-dealkylation sites (N-methyl/N-ethyl adjacent to an activating group) is 1. The number of aliphatic hydroxyl groups excluding tert-OH is 2. The number of aryl methyl sites for hydroxylation is 1. The molecule has 0 radical (unpaired) electrons. The van der Waals surface area contributed by atoms with Crippen molar-refractivity contribution in [3.05, 3.63) is 23.5 Å². The van der Waals surface area contributed by atoms with Gasteiger partial charge in [0.1, 0.15) is 11.9 Å². The molecule has 3 rings (SSSR count). The Morgan fingerprint density at radius 3 is 2.67 bits per heavy atom. The summed E-state index contributed by atoms with van der Waals surface area (Å²) in [5.41, 5.74) is 4.03. The number of imidazole rings is 1. The van der Waals surface area contributed by atoms with Gasteiger partial charge in [-0.15, -0.1) is 0 Å². The van der Waals surface area contributed by atoms with Gasteiger partial charge in [-0.05, 0) is 31.7 Å². The zero-order valence-corrected chi connectivity index (χ0v) is 12.5. The van der Waals surface area contributed by atoms with Crippen LogP contribution in [0.1, 0.15) is 17.5 Å². The molecule has 1 fully saturated rings. The van der Waals surface area contributed by atoms with Crippen molar-refractivity contribution >= 4 is 16.7 Å². The van der Waals surface area contributed by atoms with E-state index in [2.05, 4.69) is 38.9 Å². The van der Waals surface area contributed by atoms with Crippen molar-refractivity contribution in [2.24, 2.45) is 0 Å². The quantitative estimate of drug-likeness (QED) is 0.774. The number of nitrogens with one attached hydrogen (secondary N) is 1. The summed E-state index contributed by atoms with van der Waals surface area (Å²) in [6.07, 6.45) is -0.955. The molecule has 6 nitrogen and oxygen atoms in total. The highest BCUT2D eigenvalue weighted by Gasteiger charge is 2.17. The summed E-state index contributed by atoms with van der Waals surface area (Å²) < 4.78 is 0. The van der Waals surface area contributed by atoms with E-state index in [-0.39, 0.29) is 6.61 Å². The Bertz CT molecular complexity index is 632. The number of aromatic nitrogens is 2. The molecule has 6 heteroatoms. The zero-order chi connectivity index (χ0) is 15.0. The lowest BCUT2D eigenvalue weighted by molar-refractivity contribution is 0.0895. The predicted molar refractivity (Wildman–Crippen MR) is 82.6 cm³/mol. The van der Waals surface area contributed by atoms with Crippen LogP contribution in [0.15, 0.2) is 12.1 Å². The fourth-order valence-corrected chi connectivity index (χ4v) is 2.78. The number of piperazine rings is 1. The van der Waals surface area contributed by atoms with Crippen LogP contribution in [-0.2, 0) is 0 Å². The first-order valence-electron chi connectivity index (χ1n) is 7.31. The average molecular weight is 290 g/mol. The van der Waals surface area contributed by atoms with Crippen LogP contribution in [0.25, 0.3) is 11.0 Å². The third kappa shape index (κ3) is 2.74. The SMILES string of the molecule is Cc1cc(N2CCN(C)CC2)cc2[nH]c(C(O)CO)nc12. The molecular formula is C15H22N4O2. The first kappa shape index (κ1) is 14.3. The van der Waals surface area contributed by atoms with E-state index in [9.17, 15) is 5.11 Å². The van der Waals surface area contributed by atoms with E-state index in [1.165, 1.54) is 5.69 Å². The molecular weight excluding hydrogens is 268 g/mol. The molecule has 1 atom stereocenters. The number of H-pyrrole nitrogens is 1. The van der Waals surface area contributed by atoms with E-state index in [0.29, 0.717) is 5.82 Å². The number of rotatable bonds is 3. The molecule has 21 heavy (non-hydrogen) atoms. The summed E-state index contributed by atoms with van der Waals surface area (Å²) in [4.78, 5) is 12.2. The van der Waals surface area contributed by atoms with E-state index in [1.807, 2.05) is 6.92 Å². The number of benzene rings is 1. The predicted octanol–water partition coefficient (Wildman–Crippen LogP) is 0.649. The number of hydrogen-bond acceptors (Lipinski definition) is 5. The topological polar surface area (TPSA) is 75.6 Å². The van der Waals surface area contributed by atoms with E-state index >= 15 is 0 Å². The third-order valence-electron chi connectivity index (χ3n) is 4.14. The van der Waals surface area contributed by atoms with Crippen LogP contribution in [0.2, 0.25) is 0 Å². The maximum Gasteiger partial charge on any atom is 0.138 e. The Hall–Kier alpha value is -1.63. The van der Waals surface area contributed by atoms with Gasteiger partial charge in [-0.3, -0.25) is 0 Å². The molecule has 2 heterocycles. The Morgan fingerprint density at radius 2 is 2.00 bits per heavy atom. The maximum absolute atomic E-state index is 9.71. The van der Waals surface area contributed by atoms with E-state index < -0.39 is 6.10 Å². The molecule has 0 aliphatic carbocycles. The van der Waals surface area contributed by atoms with Gasteiger partial charge in [-0.1, -0.05) is 0 Å². The van der Waals surface area contributed by atoms with Crippen LogP contribution in [0.3, 0.4) is 0 Å². The average Bonchev–Trinajstić information content (AvgIpc) is 2.92. The zero-order valence-electron chi connectivity index (χ0n) is 12.5. The normalized spacial score (nSPS) is 18.4. The number of aliphatic hydroxyl groups is 2. The number of nitrogens with zero attached hydrogens (tertiary/aromatic N) is 3. The largest absolute Gasteiger partial charge is 0.393 e. The minimum Gasteiger partial charge on any atom is -0.393 e. The molecule has 0 saturated carbocycles. The third-order valence-corrected chi connectivity index (χ3v) is 4.14. The molecule has 114 valence electrons. The molecule has 0 amide bonds. The van der Waals surface area contributed by atoms with Crippen LogP contribution in [-0.4, -0.2) is 64.9 Å². The van der Waals surface area contributed by atoms with Crippen molar-refractivity contribution in [3.63, 3.8) is 0 Å². The summed E-state index contributed by atoms with van der Waals surface area (Å²) in [6, 6.07) is 4.22. The fourth-order valence-electron chi connectivity index (χ4n) is 2.78. The van der Waals surface area contributed by atoms with Gasteiger partial charge in [0.05, 0.1) is 17.6 Å². The summed E-state index contributed by atoms with van der Waals surface area (Å²) in [6.45, 7) is 5.86. The van der Waals surface area contributed by atoms with Gasteiger partial charge >= 0.3 is 0 Å². The van der Waals surface area contributed by atoms with E-state index in [0.717, 1.165) is 42.8 Å². The molecule has 1 aliphatic heterocycles. The molecule has 1 aliphatic rings. The van der Waals surface area contributed by atoms with Crippen LogP contribution in [0.4, 0.5) is 5.69 Å². The van der Waals surface area contributed by atoms with Crippen molar-refractivity contribution in [1.29, 1.82) is 0 Å². The summed E-state index contributed by atoms with van der Waals surface area (Å²) in [5, 5.41) is 18.8. The number of fused-ring (bicyclic) bond motifs is 1. The Labute approximate surface area is 124 Å². The second-order valence-electron chi connectivity index (χ2n) is 5.77. The van der Waals surface area contributed by atoms with Crippen LogP contribution in [0, 0.1) is 6.92 Å². The number of anilines is 1. The highest BCUT2D eigenvalue weighted by Crippen LogP contribution is 2.26. The first-order valence-corrected chi connectivity index (χ1v) is 7.31.